The Kier molecular flexibility index (Phi) is 7.58. The second-order valence-electron chi connectivity index (χ2n) is 6.59. The van der Waals surface area contributed by atoms with E-state index in [9.17, 15) is 9.18 Å². The van der Waals surface area contributed by atoms with E-state index in [0.29, 0.717) is 18.0 Å². The molecule has 1 aromatic carbocycles. The van der Waals surface area contributed by atoms with Crippen molar-refractivity contribution in [1.29, 1.82) is 0 Å². The average Bonchev–Trinajstić information content (AvgIpc) is 2.78. The van der Waals surface area contributed by atoms with E-state index in [1.54, 1.807) is 26.5 Å². The van der Waals surface area contributed by atoms with Gasteiger partial charge in [-0.2, -0.15) is 4.98 Å². The Hall–Kier alpha value is -2.56. The van der Waals surface area contributed by atoms with E-state index in [0.717, 1.165) is 5.56 Å². The van der Waals surface area contributed by atoms with Gasteiger partial charge in [0.2, 0.25) is 5.88 Å². The maximum atomic E-state index is 14.4. The zero-order chi connectivity index (χ0) is 22.5. The largest absolute Gasteiger partial charge is 0.497 e. The molecule has 2 heterocycles. The number of methoxy groups -OCH3 is 2. The van der Waals surface area contributed by atoms with Crippen LogP contribution in [0, 0.1) is 5.82 Å². The van der Waals surface area contributed by atoms with Crippen molar-refractivity contribution >= 4 is 34.3 Å². The monoisotopic (exact) mass is 468 g/mol. The van der Waals surface area contributed by atoms with Gasteiger partial charge in [0.25, 0.3) is 5.56 Å². The molecule has 0 aliphatic carbocycles. The Morgan fingerprint density at radius 2 is 2.06 bits per heavy atom. The number of thioether (sulfide) groups is 1. The molecule has 0 radical (unpaired) electrons. The van der Waals surface area contributed by atoms with Crippen molar-refractivity contribution in [2.45, 2.75) is 24.7 Å². The first-order chi connectivity index (χ1) is 14.9. The van der Waals surface area contributed by atoms with Gasteiger partial charge in [-0.1, -0.05) is 29.4 Å². The molecular weight excluding hydrogens is 447 g/mol. The first kappa shape index (κ1) is 23.1. The van der Waals surface area contributed by atoms with E-state index < -0.39 is 16.5 Å². The quantitative estimate of drug-likeness (QED) is 0.280. The number of nitrogens with zero attached hydrogens (tertiary/aromatic N) is 2. The lowest BCUT2D eigenvalue weighted by atomic mass is 10.2. The van der Waals surface area contributed by atoms with Crippen LogP contribution in [0.3, 0.4) is 0 Å². The first-order valence-electron chi connectivity index (χ1n) is 9.28. The molecule has 1 atom stereocenters. The predicted molar refractivity (Wildman–Crippen MR) is 118 cm³/mol. The highest BCUT2D eigenvalue weighted by molar-refractivity contribution is 7.98. The number of rotatable bonds is 9. The van der Waals surface area contributed by atoms with Gasteiger partial charge in [-0.3, -0.25) is 4.79 Å². The minimum atomic E-state index is -0.858. The fraction of sp³-hybridized carbons (Fsp3) is 0.350. The molecule has 2 aromatic heterocycles. The molecule has 0 bridgehead atoms. The lowest BCUT2D eigenvalue weighted by Gasteiger charge is -2.17. The van der Waals surface area contributed by atoms with Crippen LogP contribution < -0.4 is 25.1 Å². The van der Waals surface area contributed by atoms with Crippen LogP contribution in [-0.4, -0.2) is 48.1 Å². The van der Waals surface area contributed by atoms with Gasteiger partial charge in [0.1, 0.15) is 29.0 Å². The maximum absolute atomic E-state index is 14.4. The van der Waals surface area contributed by atoms with Crippen LogP contribution >= 0.6 is 23.4 Å². The fourth-order valence-corrected chi connectivity index (χ4v) is 3.39. The molecule has 166 valence electrons. The minimum Gasteiger partial charge on any atom is -0.497 e. The summed E-state index contributed by atoms with van der Waals surface area (Å²) in [6.07, 6.45) is 1.72. The summed E-state index contributed by atoms with van der Waals surface area (Å²) in [5.74, 6) is 0.466. The normalized spacial score (nSPS) is 12.1. The van der Waals surface area contributed by atoms with Gasteiger partial charge < -0.3 is 24.5 Å². The standard InChI is InChI=1S/C20H22ClFN4O4S/c1-10(23-8-11-5-6-12(28-2)7-13(11)29-3)9-30-19-14-16(15(22)17(21)25-19)24-20(31-4)26-18(14)27/h5-7,10,23H,8-9H2,1-4H3,(H,24,26,27)/t10-/m0/s1. The zero-order valence-corrected chi connectivity index (χ0v) is 19.0. The Labute approximate surface area is 187 Å². The Morgan fingerprint density at radius 1 is 1.29 bits per heavy atom. The molecular formula is C20H22ClFN4O4S. The summed E-state index contributed by atoms with van der Waals surface area (Å²) < 4.78 is 30.7. The van der Waals surface area contributed by atoms with Crippen LogP contribution in [0.15, 0.2) is 28.2 Å². The molecule has 2 N–H and O–H groups in total. The Morgan fingerprint density at radius 3 is 2.74 bits per heavy atom. The van der Waals surface area contributed by atoms with Gasteiger partial charge in [0.15, 0.2) is 16.1 Å². The van der Waals surface area contributed by atoms with Crippen molar-refractivity contribution in [3.05, 3.63) is 45.1 Å². The van der Waals surface area contributed by atoms with Gasteiger partial charge in [-0.05, 0) is 19.2 Å². The highest BCUT2D eigenvalue weighted by atomic mass is 35.5. The lowest BCUT2D eigenvalue weighted by Crippen LogP contribution is -2.31. The summed E-state index contributed by atoms with van der Waals surface area (Å²) in [7, 11) is 3.18. The number of benzene rings is 1. The van der Waals surface area contributed by atoms with E-state index in [-0.39, 0.29) is 34.6 Å². The third kappa shape index (κ3) is 5.20. The first-order valence-corrected chi connectivity index (χ1v) is 10.9. The van der Waals surface area contributed by atoms with Crippen molar-refractivity contribution in [3.8, 4) is 17.4 Å². The second kappa shape index (κ2) is 10.2. The smallest absolute Gasteiger partial charge is 0.265 e. The Balaban J connectivity index is 1.74. The number of hydrogen-bond acceptors (Lipinski definition) is 8. The molecule has 8 nitrogen and oxygen atoms in total. The number of halogens is 2. The highest BCUT2D eigenvalue weighted by Gasteiger charge is 2.20. The molecule has 11 heteroatoms. The van der Waals surface area contributed by atoms with Gasteiger partial charge >= 0.3 is 0 Å². The SMILES string of the molecule is COc1ccc(CN[C@@H](C)COc2nc(Cl)c(F)c3nc(SC)[nH]c(=O)c23)c(OC)c1. The van der Waals surface area contributed by atoms with Crippen LogP contribution in [0.1, 0.15) is 12.5 Å². The number of ether oxygens (including phenoxy) is 3. The van der Waals surface area contributed by atoms with Gasteiger partial charge in [-0.15, -0.1) is 0 Å². The lowest BCUT2D eigenvalue weighted by molar-refractivity contribution is 0.265. The number of pyridine rings is 1. The summed E-state index contributed by atoms with van der Waals surface area (Å²) in [5.41, 5.74) is 0.219. The van der Waals surface area contributed by atoms with Crippen LogP contribution in [0.2, 0.25) is 5.15 Å². The van der Waals surface area contributed by atoms with Crippen LogP contribution in [-0.2, 0) is 6.54 Å². The molecule has 0 saturated carbocycles. The number of aromatic amines is 1. The maximum Gasteiger partial charge on any atom is 0.265 e. The molecule has 31 heavy (non-hydrogen) atoms. The Bertz CT molecular complexity index is 1140. The van der Waals surface area contributed by atoms with E-state index in [1.165, 1.54) is 11.8 Å². The summed E-state index contributed by atoms with van der Waals surface area (Å²) in [4.78, 5) is 23.0. The summed E-state index contributed by atoms with van der Waals surface area (Å²) in [6.45, 7) is 2.57. The molecule has 3 aromatic rings. The van der Waals surface area contributed by atoms with Crippen molar-refractivity contribution < 1.29 is 18.6 Å². The topological polar surface area (TPSA) is 98.4 Å². The summed E-state index contributed by atoms with van der Waals surface area (Å²) >= 11 is 7.07. The second-order valence-corrected chi connectivity index (χ2v) is 7.74. The average molecular weight is 469 g/mol. The van der Waals surface area contributed by atoms with Gasteiger partial charge in [0, 0.05) is 24.2 Å². The summed E-state index contributed by atoms with van der Waals surface area (Å²) in [5, 5.41) is 3.09. The summed E-state index contributed by atoms with van der Waals surface area (Å²) in [6, 6.07) is 5.42. The molecule has 0 amide bonds. The molecule has 3 rings (SSSR count). The molecule has 0 spiro atoms. The van der Waals surface area contributed by atoms with E-state index in [4.69, 9.17) is 25.8 Å². The number of fused-ring (bicyclic) bond motifs is 1. The third-order valence-electron chi connectivity index (χ3n) is 4.50. The molecule has 0 fully saturated rings. The van der Waals surface area contributed by atoms with Crippen molar-refractivity contribution in [2.24, 2.45) is 0 Å². The molecule has 0 unspecified atom stereocenters. The molecule has 0 saturated heterocycles. The highest BCUT2D eigenvalue weighted by Crippen LogP contribution is 2.28. The van der Waals surface area contributed by atoms with E-state index >= 15 is 0 Å². The van der Waals surface area contributed by atoms with Crippen LogP contribution in [0.25, 0.3) is 10.9 Å². The van der Waals surface area contributed by atoms with Crippen molar-refractivity contribution in [3.63, 3.8) is 0 Å². The number of nitrogens with one attached hydrogen (secondary N) is 2. The van der Waals surface area contributed by atoms with Crippen molar-refractivity contribution in [2.75, 3.05) is 27.1 Å². The van der Waals surface area contributed by atoms with Gasteiger partial charge in [0.05, 0.1) is 14.2 Å². The third-order valence-corrected chi connectivity index (χ3v) is 5.33. The number of aromatic nitrogens is 3. The van der Waals surface area contributed by atoms with E-state index in [1.807, 2.05) is 19.1 Å². The fourth-order valence-electron chi connectivity index (χ4n) is 2.85. The number of H-pyrrole nitrogens is 1. The molecule has 0 aliphatic heterocycles. The molecule has 0 aliphatic rings. The van der Waals surface area contributed by atoms with Crippen LogP contribution in [0.4, 0.5) is 4.39 Å². The number of hydrogen-bond donors (Lipinski definition) is 2. The van der Waals surface area contributed by atoms with Gasteiger partial charge in [-0.25, -0.2) is 9.37 Å². The zero-order valence-electron chi connectivity index (χ0n) is 17.4. The van der Waals surface area contributed by atoms with Crippen LogP contribution in [0.5, 0.6) is 17.4 Å². The predicted octanol–water partition coefficient (Wildman–Crippen LogP) is 3.41. The van der Waals surface area contributed by atoms with Crippen molar-refractivity contribution in [1.82, 2.24) is 20.3 Å². The minimum absolute atomic E-state index is 0.0709. The van der Waals surface area contributed by atoms with E-state index in [2.05, 4.69) is 20.3 Å².